The van der Waals surface area contributed by atoms with Crippen molar-refractivity contribution in [2.45, 2.75) is 18.9 Å². The third-order valence-corrected chi connectivity index (χ3v) is 2.08. The fourth-order valence-corrected chi connectivity index (χ4v) is 1.36. The first kappa shape index (κ1) is 7.54. The van der Waals surface area contributed by atoms with Gasteiger partial charge in [-0.05, 0) is 12.8 Å². The van der Waals surface area contributed by atoms with Crippen LogP contribution < -0.4 is 4.90 Å². The van der Waals surface area contributed by atoms with Gasteiger partial charge in [0.2, 0.25) is 0 Å². The molecule has 0 unspecified atom stereocenters. The van der Waals surface area contributed by atoms with E-state index >= 15 is 0 Å². The van der Waals surface area contributed by atoms with Gasteiger partial charge in [0.05, 0.1) is 6.10 Å². The van der Waals surface area contributed by atoms with E-state index in [9.17, 15) is 5.11 Å². The van der Waals surface area contributed by atoms with Crippen molar-refractivity contribution in [2.75, 3.05) is 18.0 Å². The van der Waals surface area contributed by atoms with Gasteiger partial charge in [-0.25, -0.2) is 0 Å². The van der Waals surface area contributed by atoms with Crippen LogP contribution in [0.2, 0.25) is 0 Å². The van der Waals surface area contributed by atoms with E-state index in [1.54, 1.807) is 0 Å². The summed E-state index contributed by atoms with van der Waals surface area (Å²) >= 11 is 0. The SMILES string of the molecule is OC1CCN(c2ncno2)CC1. The van der Waals surface area contributed by atoms with Crippen LogP contribution in [-0.2, 0) is 0 Å². The summed E-state index contributed by atoms with van der Waals surface area (Å²) in [5, 5.41) is 12.8. The second kappa shape index (κ2) is 3.10. The Morgan fingerprint density at radius 3 is 2.83 bits per heavy atom. The molecule has 0 spiro atoms. The molecule has 12 heavy (non-hydrogen) atoms. The van der Waals surface area contributed by atoms with Crippen molar-refractivity contribution in [3.63, 3.8) is 0 Å². The molecule has 0 saturated carbocycles. The summed E-state index contributed by atoms with van der Waals surface area (Å²) in [6.45, 7) is 1.59. The Morgan fingerprint density at radius 2 is 2.25 bits per heavy atom. The molecule has 1 aromatic heterocycles. The van der Waals surface area contributed by atoms with Gasteiger partial charge in [-0.15, -0.1) is 0 Å². The summed E-state index contributed by atoms with van der Waals surface area (Å²) in [6.07, 6.45) is 2.79. The second-order valence-corrected chi connectivity index (χ2v) is 2.94. The average Bonchev–Trinajstić information content (AvgIpc) is 2.58. The highest BCUT2D eigenvalue weighted by Gasteiger charge is 2.19. The van der Waals surface area contributed by atoms with E-state index in [0.717, 1.165) is 25.9 Å². The molecule has 0 bridgehead atoms. The van der Waals surface area contributed by atoms with E-state index in [-0.39, 0.29) is 6.10 Å². The van der Waals surface area contributed by atoms with Crippen molar-refractivity contribution in [1.29, 1.82) is 0 Å². The number of hydrogen-bond donors (Lipinski definition) is 1. The normalized spacial score (nSPS) is 19.9. The number of piperidine rings is 1. The van der Waals surface area contributed by atoms with Crippen molar-refractivity contribution in [1.82, 2.24) is 10.1 Å². The number of hydrogen-bond acceptors (Lipinski definition) is 5. The maximum absolute atomic E-state index is 9.23. The van der Waals surface area contributed by atoms with Crippen LogP contribution in [0.25, 0.3) is 0 Å². The summed E-state index contributed by atoms with van der Waals surface area (Å²) in [4.78, 5) is 5.92. The maximum Gasteiger partial charge on any atom is 0.323 e. The molecule has 2 heterocycles. The van der Waals surface area contributed by atoms with Gasteiger partial charge in [-0.1, -0.05) is 5.16 Å². The lowest BCUT2D eigenvalue weighted by molar-refractivity contribution is 0.143. The van der Waals surface area contributed by atoms with Crippen molar-refractivity contribution in [2.24, 2.45) is 0 Å². The number of aromatic nitrogens is 2. The van der Waals surface area contributed by atoms with E-state index < -0.39 is 0 Å². The summed E-state index contributed by atoms with van der Waals surface area (Å²) in [7, 11) is 0. The van der Waals surface area contributed by atoms with E-state index in [1.807, 2.05) is 4.90 Å². The first-order valence-electron chi connectivity index (χ1n) is 4.06. The summed E-state index contributed by atoms with van der Waals surface area (Å²) in [5.41, 5.74) is 0. The van der Waals surface area contributed by atoms with E-state index in [4.69, 9.17) is 4.52 Å². The lowest BCUT2D eigenvalue weighted by Crippen LogP contribution is -2.35. The van der Waals surface area contributed by atoms with E-state index in [0.29, 0.717) is 6.01 Å². The van der Waals surface area contributed by atoms with Gasteiger partial charge in [0.25, 0.3) is 0 Å². The lowest BCUT2D eigenvalue weighted by Gasteiger charge is -2.27. The molecule has 1 fully saturated rings. The third kappa shape index (κ3) is 1.40. The van der Waals surface area contributed by atoms with E-state index in [2.05, 4.69) is 10.1 Å². The predicted molar refractivity (Wildman–Crippen MR) is 41.8 cm³/mol. The van der Waals surface area contributed by atoms with Crippen LogP contribution in [0.3, 0.4) is 0 Å². The molecule has 5 heteroatoms. The molecule has 66 valence electrons. The third-order valence-electron chi connectivity index (χ3n) is 2.08. The maximum atomic E-state index is 9.23. The van der Waals surface area contributed by atoms with Crippen molar-refractivity contribution in [3.8, 4) is 0 Å². The van der Waals surface area contributed by atoms with Crippen molar-refractivity contribution in [3.05, 3.63) is 6.33 Å². The molecular weight excluding hydrogens is 158 g/mol. The molecule has 0 atom stereocenters. The summed E-state index contributed by atoms with van der Waals surface area (Å²) in [6, 6.07) is 0.557. The smallest absolute Gasteiger partial charge is 0.323 e. The Balaban J connectivity index is 1.99. The van der Waals surface area contributed by atoms with Crippen LogP contribution in [0.5, 0.6) is 0 Å². The first-order chi connectivity index (χ1) is 5.86. The Hall–Kier alpha value is -1.10. The molecule has 1 aliphatic heterocycles. The van der Waals surface area contributed by atoms with Crippen LogP contribution in [-0.4, -0.2) is 34.4 Å². The Bertz CT molecular complexity index is 229. The van der Waals surface area contributed by atoms with Crippen molar-refractivity contribution >= 4 is 6.01 Å². The fraction of sp³-hybridized carbons (Fsp3) is 0.714. The highest BCUT2D eigenvalue weighted by molar-refractivity contribution is 5.24. The molecular formula is C7H11N3O2. The van der Waals surface area contributed by atoms with Crippen LogP contribution in [0.15, 0.2) is 10.9 Å². The zero-order chi connectivity index (χ0) is 8.39. The monoisotopic (exact) mass is 169 g/mol. The molecule has 0 radical (unpaired) electrons. The van der Waals surface area contributed by atoms with Gasteiger partial charge in [-0.3, -0.25) is 0 Å². The molecule has 0 aliphatic carbocycles. The number of aliphatic hydroxyl groups excluding tert-OH is 1. The topological polar surface area (TPSA) is 62.4 Å². The predicted octanol–water partition coefficient (Wildman–Crippen LogP) is 0.0307. The van der Waals surface area contributed by atoms with Crippen molar-refractivity contribution < 1.29 is 9.63 Å². The zero-order valence-electron chi connectivity index (χ0n) is 6.68. The molecule has 2 rings (SSSR count). The quantitative estimate of drug-likeness (QED) is 0.642. The largest absolute Gasteiger partial charge is 0.393 e. The molecule has 0 amide bonds. The van der Waals surface area contributed by atoms with Gasteiger partial charge in [-0.2, -0.15) is 4.98 Å². The van der Waals surface area contributed by atoms with Crippen LogP contribution in [0, 0.1) is 0 Å². The first-order valence-corrected chi connectivity index (χ1v) is 4.06. The highest BCUT2D eigenvalue weighted by atomic mass is 16.5. The van der Waals surface area contributed by atoms with Crippen LogP contribution >= 0.6 is 0 Å². The minimum absolute atomic E-state index is 0.163. The molecule has 1 aliphatic rings. The summed E-state index contributed by atoms with van der Waals surface area (Å²) < 4.78 is 4.89. The number of anilines is 1. The highest BCUT2D eigenvalue weighted by Crippen LogP contribution is 2.16. The zero-order valence-corrected chi connectivity index (χ0v) is 6.68. The molecule has 0 aromatic carbocycles. The lowest BCUT2D eigenvalue weighted by atomic mass is 10.1. The molecule has 5 nitrogen and oxygen atoms in total. The molecule has 1 aromatic rings. The van der Waals surface area contributed by atoms with E-state index in [1.165, 1.54) is 6.33 Å². The Morgan fingerprint density at radius 1 is 1.50 bits per heavy atom. The second-order valence-electron chi connectivity index (χ2n) is 2.94. The number of rotatable bonds is 1. The Kier molecular flexibility index (Phi) is 1.95. The minimum atomic E-state index is -0.163. The van der Waals surface area contributed by atoms with Gasteiger partial charge in [0.15, 0.2) is 6.33 Å². The molecule has 1 saturated heterocycles. The fourth-order valence-electron chi connectivity index (χ4n) is 1.36. The standard InChI is InChI=1S/C7H11N3O2/c11-6-1-3-10(4-2-6)7-8-5-9-12-7/h5-6,11H,1-4H2. The number of aliphatic hydroxyl groups is 1. The van der Waals surface area contributed by atoms with Crippen LogP contribution in [0.4, 0.5) is 6.01 Å². The minimum Gasteiger partial charge on any atom is -0.393 e. The Labute approximate surface area is 70.0 Å². The molecule has 1 N–H and O–H groups in total. The van der Waals surface area contributed by atoms with Gasteiger partial charge >= 0.3 is 6.01 Å². The van der Waals surface area contributed by atoms with Crippen LogP contribution in [0.1, 0.15) is 12.8 Å². The van der Waals surface area contributed by atoms with Gasteiger partial charge in [0, 0.05) is 13.1 Å². The number of nitrogens with zero attached hydrogens (tertiary/aromatic N) is 3. The van der Waals surface area contributed by atoms with Gasteiger partial charge in [0.1, 0.15) is 0 Å². The summed E-state index contributed by atoms with van der Waals surface area (Å²) in [5.74, 6) is 0. The average molecular weight is 169 g/mol. The van der Waals surface area contributed by atoms with Gasteiger partial charge < -0.3 is 14.5 Å².